The molecule has 0 bridgehead atoms. The topological polar surface area (TPSA) is 12.0 Å². The van der Waals surface area contributed by atoms with Gasteiger partial charge in [0.15, 0.2) is 0 Å². The number of hydrogen-bond acceptors (Lipinski definition) is 1. The Morgan fingerprint density at radius 2 is 1.89 bits per heavy atom. The van der Waals surface area contributed by atoms with Crippen molar-refractivity contribution in [2.45, 2.75) is 63.3 Å². The van der Waals surface area contributed by atoms with Crippen LogP contribution in [0.5, 0.6) is 0 Å². The molecular formula is C17H24FN. The van der Waals surface area contributed by atoms with Gasteiger partial charge in [-0.3, -0.25) is 0 Å². The highest BCUT2D eigenvalue weighted by atomic mass is 19.1. The highest BCUT2D eigenvalue weighted by molar-refractivity contribution is 5.28. The van der Waals surface area contributed by atoms with Crippen LogP contribution in [0.1, 0.15) is 62.0 Å². The van der Waals surface area contributed by atoms with Crippen molar-refractivity contribution in [2.24, 2.45) is 0 Å². The van der Waals surface area contributed by atoms with Crippen LogP contribution in [0.25, 0.3) is 0 Å². The van der Waals surface area contributed by atoms with Gasteiger partial charge in [0.05, 0.1) is 0 Å². The molecule has 2 aliphatic rings. The Labute approximate surface area is 115 Å². The maximum atomic E-state index is 14.3. The Balaban J connectivity index is 1.69. The summed E-state index contributed by atoms with van der Waals surface area (Å²) in [7, 11) is 0. The van der Waals surface area contributed by atoms with Gasteiger partial charge in [0.25, 0.3) is 0 Å². The number of benzene rings is 1. The third-order valence-corrected chi connectivity index (χ3v) is 4.75. The van der Waals surface area contributed by atoms with E-state index in [-0.39, 0.29) is 5.82 Å². The minimum absolute atomic E-state index is 0.0300. The van der Waals surface area contributed by atoms with Gasteiger partial charge in [-0.1, -0.05) is 31.4 Å². The lowest BCUT2D eigenvalue weighted by molar-refractivity contribution is 0.429. The maximum absolute atomic E-state index is 14.3. The molecule has 1 aliphatic carbocycles. The zero-order valence-electron chi connectivity index (χ0n) is 11.6. The highest BCUT2D eigenvalue weighted by Crippen LogP contribution is 2.34. The van der Waals surface area contributed by atoms with Gasteiger partial charge >= 0.3 is 0 Å². The summed E-state index contributed by atoms with van der Waals surface area (Å²) in [5, 5.41) is 3.48. The molecular weight excluding hydrogens is 237 g/mol. The first-order valence-corrected chi connectivity index (χ1v) is 7.84. The Morgan fingerprint density at radius 3 is 2.58 bits per heavy atom. The number of hydrogen-bond donors (Lipinski definition) is 1. The second-order valence-corrected chi connectivity index (χ2v) is 6.19. The lowest BCUT2D eigenvalue weighted by Gasteiger charge is -2.23. The predicted molar refractivity (Wildman–Crippen MR) is 77.0 cm³/mol. The number of halogens is 1. The monoisotopic (exact) mass is 261 g/mol. The molecule has 104 valence electrons. The van der Waals surface area contributed by atoms with Crippen molar-refractivity contribution in [3.63, 3.8) is 0 Å². The molecule has 1 heterocycles. The summed E-state index contributed by atoms with van der Waals surface area (Å²) in [6.07, 6.45) is 9.64. The summed E-state index contributed by atoms with van der Waals surface area (Å²) >= 11 is 0. The largest absolute Gasteiger partial charge is 0.314 e. The molecule has 1 N–H and O–H groups in total. The third-order valence-electron chi connectivity index (χ3n) is 4.75. The molecule has 2 heteroatoms. The van der Waals surface area contributed by atoms with Crippen LogP contribution in [0.2, 0.25) is 0 Å². The molecule has 1 saturated carbocycles. The minimum Gasteiger partial charge on any atom is -0.314 e. The summed E-state index contributed by atoms with van der Waals surface area (Å²) in [5.41, 5.74) is 2.11. The fraction of sp³-hybridized carbons (Fsp3) is 0.647. The molecule has 0 amide bonds. The molecule has 1 saturated heterocycles. The van der Waals surface area contributed by atoms with Gasteiger partial charge in [-0.15, -0.1) is 0 Å². The third kappa shape index (κ3) is 3.17. The Bertz CT molecular complexity index is 417. The highest BCUT2D eigenvalue weighted by Gasteiger charge is 2.20. The zero-order chi connectivity index (χ0) is 13.1. The second kappa shape index (κ2) is 6.04. The van der Waals surface area contributed by atoms with Gasteiger partial charge in [-0.25, -0.2) is 4.39 Å². The van der Waals surface area contributed by atoms with E-state index in [1.165, 1.54) is 44.9 Å². The van der Waals surface area contributed by atoms with Gasteiger partial charge in [0, 0.05) is 6.04 Å². The first-order valence-electron chi connectivity index (χ1n) is 7.84. The summed E-state index contributed by atoms with van der Waals surface area (Å²) in [4.78, 5) is 0. The van der Waals surface area contributed by atoms with Crippen molar-refractivity contribution in [2.75, 3.05) is 6.54 Å². The first kappa shape index (κ1) is 13.1. The summed E-state index contributed by atoms with van der Waals surface area (Å²) < 4.78 is 14.3. The van der Waals surface area contributed by atoms with Gasteiger partial charge in [0.1, 0.15) is 5.82 Å². The van der Waals surface area contributed by atoms with Crippen molar-refractivity contribution in [3.05, 3.63) is 35.1 Å². The van der Waals surface area contributed by atoms with Crippen LogP contribution in [-0.2, 0) is 6.42 Å². The first-order chi connectivity index (χ1) is 9.33. The molecule has 0 aromatic heterocycles. The maximum Gasteiger partial charge on any atom is 0.126 e. The lowest BCUT2D eigenvalue weighted by atomic mass is 9.83. The minimum atomic E-state index is 0.0300. The van der Waals surface area contributed by atoms with Crippen LogP contribution in [0.4, 0.5) is 4.39 Å². The van der Waals surface area contributed by atoms with Crippen LogP contribution in [-0.4, -0.2) is 12.6 Å². The van der Waals surface area contributed by atoms with E-state index in [0.29, 0.717) is 12.0 Å². The van der Waals surface area contributed by atoms with Gasteiger partial charge in [0.2, 0.25) is 0 Å². The van der Waals surface area contributed by atoms with Crippen molar-refractivity contribution < 1.29 is 4.39 Å². The predicted octanol–water partition coefficient (Wildman–Crippen LogP) is 4.17. The zero-order valence-corrected chi connectivity index (χ0v) is 11.6. The molecule has 1 nitrogen and oxygen atoms in total. The van der Waals surface area contributed by atoms with Crippen LogP contribution in [0.15, 0.2) is 18.2 Å². The molecule has 2 fully saturated rings. The molecule has 3 rings (SSSR count). The van der Waals surface area contributed by atoms with Crippen LogP contribution >= 0.6 is 0 Å². The average molecular weight is 261 g/mol. The summed E-state index contributed by atoms with van der Waals surface area (Å²) in [5.74, 6) is 0.495. The molecule has 0 radical (unpaired) electrons. The molecule has 19 heavy (non-hydrogen) atoms. The Morgan fingerprint density at radius 1 is 1.05 bits per heavy atom. The van der Waals surface area contributed by atoms with E-state index < -0.39 is 0 Å². The molecule has 0 spiro atoms. The van der Waals surface area contributed by atoms with E-state index in [4.69, 9.17) is 0 Å². The van der Waals surface area contributed by atoms with Crippen LogP contribution in [0, 0.1) is 5.82 Å². The molecule has 1 atom stereocenters. The number of nitrogens with one attached hydrogen (secondary N) is 1. The quantitative estimate of drug-likeness (QED) is 0.861. The van der Waals surface area contributed by atoms with Crippen molar-refractivity contribution >= 4 is 0 Å². The van der Waals surface area contributed by atoms with Crippen molar-refractivity contribution in [3.8, 4) is 0 Å². The second-order valence-electron chi connectivity index (χ2n) is 6.19. The standard InChI is InChI=1S/C17H24FN/c18-17-12-13(11-15-7-4-10-19-15)8-9-16(17)14-5-2-1-3-6-14/h8-9,12,14-15,19H,1-7,10-11H2. The fourth-order valence-electron chi connectivity index (χ4n) is 3.66. The van der Waals surface area contributed by atoms with Crippen molar-refractivity contribution in [1.29, 1.82) is 0 Å². The van der Waals surface area contributed by atoms with E-state index in [0.717, 1.165) is 24.1 Å². The smallest absolute Gasteiger partial charge is 0.126 e. The lowest BCUT2D eigenvalue weighted by Crippen LogP contribution is -2.23. The van der Waals surface area contributed by atoms with E-state index in [2.05, 4.69) is 17.4 Å². The summed E-state index contributed by atoms with van der Waals surface area (Å²) in [6.45, 7) is 1.12. The van der Waals surface area contributed by atoms with Crippen LogP contribution in [0.3, 0.4) is 0 Å². The average Bonchev–Trinajstić information content (AvgIpc) is 2.93. The SMILES string of the molecule is Fc1cc(CC2CCCN2)ccc1C1CCCCC1. The van der Waals surface area contributed by atoms with Crippen LogP contribution < -0.4 is 5.32 Å². The van der Waals surface area contributed by atoms with E-state index in [1.807, 2.05) is 0 Å². The molecule has 1 unspecified atom stereocenters. The normalized spacial score (nSPS) is 24.8. The fourth-order valence-corrected chi connectivity index (χ4v) is 3.66. The Hall–Kier alpha value is -0.890. The van der Waals surface area contributed by atoms with E-state index >= 15 is 0 Å². The molecule has 1 aromatic carbocycles. The molecule has 1 aromatic rings. The number of rotatable bonds is 3. The van der Waals surface area contributed by atoms with Gasteiger partial charge < -0.3 is 5.32 Å². The molecule has 1 aliphatic heterocycles. The Kier molecular flexibility index (Phi) is 4.17. The summed E-state index contributed by atoms with van der Waals surface area (Å²) in [6, 6.07) is 6.53. The van der Waals surface area contributed by atoms with Crippen molar-refractivity contribution in [1.82, 2.24) is 5.32 Å². The van der Waals surface area contributed by atoms with Gasteiger partial charge in [-0.05, 0) is 61.8 Å². The van der Waals surface area contributed by atoms with Gasteiger partial charge in [-0.2, -0.15) is 0 Å². The van der Waals surface area contributed by atoms with E-state index in [9.17, 15) is 4.39 Å². The van der Waals surface area contributed by atoms with E-state index in [1.54, 1.807) is 6.07 Å².